The van der Waals surface area contributed by atoms with Crippen LogP contribution >= 0.6 is 11.8 Å². The molecule has 1 amide bonds. The molecule has 0 saturated carbocycles. The number of rotatable bonds is 5. The van der Waals surface area contributed by atoms with Gasteiger partial charge in [0.15, 0.2) is 0 Å². The van der Waals surface area contributed by atoms with Crippen LogP contribution in [0.3, 0.4) is 0 Å². The molecule has 0 aliphatic carbocycles. The van der Waals surface area contributed by atoms with Gasteiger partial charge >= 0.3 is 0 Å². The molecule has 2 unspecified atom stereocenters. The number of carbonyl (C=O) groups is 1. The molecule has 0 aliphatic heterocycles. The Hall–Kier alpha value is -1.14. The summed E-state index contributed by atoms with van der Waals surface area (Å²) in [6.45, 7) is 3.62. The average molecular weight is 240 g/mol. The van der Waals surface area contributed by atoms with Crippen molar-refractivity contribution in [3.63, 3.8) is 0 Å². The lowest BCUT2D eigenvalue weighted by atomic mass is 9.97. The van der Waals surface area contributed by atoms with Gasteiger partial charge in [0.2, 0.25) is 5.91 Å². The molecule has 6 heteroatoms. The first-order chi connectivity index (χ1) is 7.42. The minimum absolute atomic E-state index is 0.152. The zero-order valence-corrected chi connectivity index (χ0v) is 10.2. The average Bonchev–Trinajstić information content (AvgIpc) is 2.17. The molecule has 0 fully saturated rings. The number of carbonyl (C=O) groups excluding carboxylic acids is 1. The summed E-state index contributed by atoms with van der Waals surface area (Å²) in [6.07, 6.45) is 5.43. The summed E-state index contributed by atoms with van der Waals surface area (Å²) in [7, 11) is 0. The molecule has 1 rings (SSSR count). The van der Waals surface area contributed by atoms with E-state index >= 15 is 0 Å². The number of nitrogens with two attached hydrogens (primary N) is 2. The summed E-state index contributed by atoms with van der Waals surface area (Å²) in [5.41, 5.74) is 10.0. The number of amides is 1. The lowest BCUT2D eigenvalue weighted by molar-refractivity contribution is -0.122. The van der Waals surface area contributed by atoms with Crippen LogP contribution in [0.4, 0.5) is 0 Å². The fourth-order valence-corrected chi connectivity index (χ4v) is 2.38. The Bertz CT molecular complexity index is 355. The van der Waals surface area contributed by atoms with Crippen molar-refractivity contribution >= 4 is 17.7 Å². The lowest BCUT2D eigenvalue weighted by Crippen LogP contribution is -2.50. The van der Waals surface area contributed by atoms with Crippen molar-refractivity contribution in [3.8, 4) is 0 Å². The van der Waals surface area contributed by atoms with Gasteiger partial charge in [-0.2, -0.15) is 0 Å². The summed E-state index contributed by atoms with van der Waals surface area (Å²) in [5.74, 6) is -0.487. The first-order valence-corrected chi connectivity index (χ1v) is 5.81. The maximum Gasteiger partial charge on any atom is 0.237 e. The van der Waals surface area contributed by atoms with Crippen molar-refractivity contribution in [1.82, 2.24) is 9.97 Å². The molecule has 0 bridgehead atoms. The molecule has 16 heavy (non-hydrogen) atoms. The largest absolute Gasteiger partial charge is 0.368 e. The van der Waals surface area contributed by atoms with Crippen molar-refractivity contribution in [3.05, 3.63) is 18.6 Å². The number of aromatic nitrogens is 2. The van der Waals surface area contributed by atoms with E-state index in [0.717, 1.165) is 5.03 Å². The molecular weight excluding hydrogens is 224 g/mol. The third-order valence-corrected chi connectivity index (χ3v) is 3.16. The van der Waals surface area contributed by atoms with Gasteiger partial charge in [-0.1, -0.05) is 6.92 Å². The highest BCUT2D eigenvalue weighted by Gasteiger charge is 2.28. The van der Waals surface area contributed by atoms with Gasteiger partial charge in [0.05, 0.1) is 11.7 Å². The van der Waals surface area contributed by atoms with Crippen LogP contribution < -0.4 is 11.5 Å². The van der Waals surface area contributed by atoms with E-state index in [1.165, 1.54) is 11.8 Å². The van der Waals surface area contributed by atoms with Gasteiger partial charge in [-0.3, -0.25) is 9.78 Å². The van der Waals surface area contributed by atoms with Crippen LogP contribution in [0.5, 0.6) is 0 Å². The van der Waals surface area contributed by atoms with Crippen LogP contribution in [0.2, 0.25) is 0 Å². The molecule has 2 atom stereocenters. The number of thioether (sulfide) groups is 1. The molecule has 5 nitrogen and oxygen atoms in total. The van der Waals surface area contributed by atoms with E-state index in [-0.39, 0.29) is 5.25 Å². The van der Waals surface area contributed by atoms with E-state index in [9.17, 15) is 4.79 Å². The van der Waals surface area contributed by atoms with Crippen molar-refractivity contribution in [2.45, 2.75) is 36.1 Å². The van der Waals surface area contributed by atoms with Crippen LogP contribution in [0, 0.1) is 0 Å². The third-order valence-electron chi connectivity index (χ3n) is 2.14. The van der Waals surface area contributed by atoms with Crippen molar-refractivity contribution in [1.29, 1.82) is 0 Å². The van der Waals surface area contributed by atoms with E-state index in [1.807, 2.05) is 6.92 Å². The highest BCUT2D eigenvalue weighted by Crippen LogP contribution is 2.25. The first-order valence-electron chi connectivity index (χ1n) is 4.93. The standard InChI is InChI=1S/C10H16N4OS/c1-7(5-10(2,12)9(11)15)16-8-6-13-3-4-14-8/h3-4,6-7H,5,12H2,1-2H3,(H2,11,15). The molecule has 0 radical (unpaired) electrons. The summed E-state index contributed by atoms with van der Waals surface area (Å²) >= 11 is 1.53. The second-order valence-electron chi connectivity index (χ2n) is 3.96. The van der Waals surface area contributed by atoms with Crippen molar-refractivity contribution < 1.29 is 4.79 Å². The fourth-order valence-electron chi connectivity index (χ4n) is 1.29. The summed E-state index contributed by atoms with van der Waals surface area (Å²) in [4.78, 5) is 19.2. The molecule has 88 valence electrons. The van der Waals surface area contributed by atoms with Crippen LogP contribution in [0.25, 0.3) is 0 Å². The number of nitrogens with zero attached hydrogens (tertiary/aromatic N) is 2. The Morgan fingerprint density at radius 1 is 1.62 bits per heavy atom. The smallest absolute Gasteiger partial charge is 0.237 e. The molecule has 0 spiro atoms. The van der Waals surface area contributed by atoms with Crippen LogP contribution in [0.15, 0.2) is 23.6 Å². The van der Waals surface area contributed by atoms with E-state index in [4.69, 9.17) is 11.5 Å². The third kappa shape index (κ3) is 3.79. The maximum atomic E-state index is 11.1. The Balaban J connectivity index is 2.54. The topological polar surface area (TPSA) is 94.9 Å². The summed E-state index contributed by atoms with van der Waals surface area (Å²) in [6, 6.07) is 0. The number of hydrogen-bond donors (Lipinski definition) is 2. The van der Waals surface area contributed by atoms with Gasteiger partial charge in [0, 0.05) is 17.6 Å². The monoisotopic (exact) mass is 240 g/mol. The van der Waals surface area contributed by atoms with Gasteiger partial charge in [-0.15, -0.1) is 11.8 Å². The Labute approximate surface area is 99.0 Å². The second kappa shape index (κ2) is 5.27. The predicted molar refractivity (Wildman–Crippen MR) is 63.8 cm³/mol. The minimum Gasteiger partial charge on any atom is -0.368 e. The highest BCUT2D eigenvalue weighted by atomic mass is 32.2. The Morgan fingerprint density at radius 3 is 2.81 bits per heavy atom. The highest BCUT2D eigenvalue weighted by molar-refractivity contribution is 7.99. The zero-order chi connectivity index (χ0) is 12.2. The van der Waals surface area contributed by atoms with E-state index < -0.39 is 11.4 Å². The first kappa shape index (κ1) is 12.9. The van der Waals surface area contributed by atoms with Crippen molar-refractivity contribution in [2.75, 3.05) is 0 Å². The molecule has 0 aromatic carbocycles. The van der Waals surface area contributed by atoms with E-state index in [2.05, 4.69) is 9.97 Å². The minimum atomic E-state index is -0.978. The molecule has 0 aliphatic rings. The molecule has 1 heterocycles. The predicted octanol–water partition coefficient (Wildman–Crippen LogP) is 0.550. The van der Waals surface area contributed by atoms with Gasteiger partial charge in [0.1, 0.15) is 5.03 Å². The van der Waals surface area contributed by atoms with Gasteiger partial charge in [-0.25, -0.2) is 4.98 Å². The molecule has 1 aromatic rings. The van der Waals surface area contributed by atoms with Gasteiger partial charge in [-0.05, 0) is 13.3 Å². The Morgan fingerprint density at radius 2 is 2.31 bits per heavy atom. The van der Waals surface area contributed by atoms with Gasteiger partial charge < -0.3 is 11.5 Å². The van der Waals surface area contributed by atoms with E-state index in [0.29, 0.717) is 6.42 Å². The second-order valence-corrected chi connectivity index (χ2v) is 5.42. The normalized spacial score (nSPS) is 16.4. The van der Waals surface area contributed by atoms with Crippen LogP contribution in [-0.2, 0) is 4.79 Å². The zero-order valence-electron chi connectivity index (χ0n) is 9.38. The summed E-state index contributed by atoms with van der Waals surface area (Å²) in [5, 5.41) is 0.967. The fraction of sp³-hybridized carbons (Fsp3) is 0.500. The van der Waals surface area contributed by atoms with Crippen molar-refractivity contribution in [2.24, 2.45) is 11.5 Å². The quantitative estimate of drug-likeness (QED) is 0.733. The number of primary amides is 1. The molecule has 4 N–H and O–H groups in total. The molecule has 1 aromatic heterocycles. The summed E-state index contributed by atoms with van der Waals surface area (Å²) < 4.78 is 0. The lowest BCUT2D eigenvalue weighted by Gasteiger charge is -2.23. The maximum absolute atomic E-state index is 11.1. The molecular formula is C10H16N4OS. The SMILES string of the molecule is CC(CC(C)(N)C(N)=O)Sc1cnccn1. The van der Waals surface area contributed by atoms with Crippen LogP contribution in [-0.4, -0.2) is 26.7 Å². The van der Waals surface area contributed by atoms with E-state index in [1.54, 1.807) is 25.5 Å². The molecule has 0 saturated heterocycles. The van der Waals surface area contributed by atoms with Gasteiger partial charge in [0.25, 0.3) is 0 Å². The van der Waals surface area contributed by atoms with Crippen LogP contribution in [0.1, 0.15) is 20.3 Å². The Kier molecular flexibility index (Phi) is 4.26. The number of hydrogen-bond acceptors (Lipinski definition) is 5.